The van der Waals surface area contributed by atoms with Crippen LogP contribution in [0.4, 0.5) is 13.2 Å². The molecule has 5 heteroatoms. The minimum atomic E-state index is -4.05. The van der Waals surface area contributed by atoms with Gasteiger partial charge in [0.2, 0.25) is 0 Å². The van der Waals surface area contributed by atoms with Gasteiger partial charge in [-0.3, -0.25) is 4.98 Å². The first kappa shape index (κ1) is 16.3. The topological polar surface area (TPSA) is 24.9 Å². The summed E-state index contributed by atoms with van der Waals surface area (Å²) in [7, 11) is 0. The van der Waals surface area contributed by atoms with Gasteiger partial charge in [-0.05, 0) is 49.8 Å². The summed E-state index contributed by atoms with van der Waals surface area (Å²) in [5.74, 6) is -1.04. The molecule has 21 heavy (non-hydrogen) atoms. The summed E-state index contributed by atoms with van der Waals surface area (Å²) in [6, 6.07) is 3.96. The molecule has 3 atom stereocenters. The maximum absolute atomic E-state index is 13.0. The average Bonchev–Trinajstić information content (AvgIpc) is 2.47. The molecule has 0 amide bonds. The van der Waals surface area contributed by atoms with Crippen molar-refractivity contribution in [1.82, 2.24) is 10.3 Å². The molecule has 1 aliphatic rings. The van der Waals surface area contributed by atoms with Crippen molar-refractivity contribution in [3.05, 3.63) is 30.1 Å². The summed E-state index contributed by atoms with van der Waals surface area (Å²) in [6.07, 6.45) is 2.29. The van der Waals surface area contributed by atoms with Crippen molar-refractivity contribution < 1.29 is 13.2 Å². The first-order valence-electron chi connectivity index (χ1n) is 7.69. The summed E-state index contributed by atoms with van der Waals surface area (Å²) in [5, 5.41) is 3.38. The van der Waals surface area contributed by atoms with Gasteiger partial charge < -0.3 is 5.32 Å². The number of halogens is 3. The normalized spacial score (nSPS) is 24.8. The minimum absolute atomic E-state index is 0.0885. The third-order valence-electron chi connectivity index (χ3n) is 4.39. The lowest BCUT2D eigenvalue weighted by Gasteiger charge is -2.35. The highest BCUT2D eigenvalue weighted by molar-refractivity contribution is 5.11. The zero-order valence-corrected chi connectivity index (χ0v) is 12.4. The van der Waals surface area contributed by atoms with Crippen molar-refractivity contribution in [2.75, 3.05) is 6.54 Å². The van der Waals surface area contributed by atoms with Crippen LogP contribution in [-0.2, 0) is 6.42 Å². The molecule has 0 aromatic carbocycles. The molecular weight excluding hydrogens is 277 g/mol. The van der Waals surface area contributed by atoms with E-state index in [4.69, 9.17) is 0 Å². The SMILES string of the molecule is CCNC(Cc1cccnc1)C1CCCC(C(F)(F)F)C1. The van der Waals surface area contributed by atoms with E-state index < -0.39 is 12.1 Å². The van der Waals surface area contributed by atoms with Gasteiger partial charge in [-0.1, -0.05) is 19.4 Å². The average molecular weight is 300 g/mol. The standard InChI is InChI=1S/C16H23F3N2/c1-2-21-15(9-12-5-4-8-20-11-12)13-6-3-7-14(10-13)16(17,18)19/h4-5,8,11,13-15,21H,2-3,6-7,9-10H2,1H3. The fraction of sp³-hybridized carbons (Fsp3) is 0.688. The van der Waals surface area contributed by atoms with Gasteiger partial charge in [-0.15, -0.1) is 0 Å². The number of hydrogen-bond donors (Lipinski definition) is 1. The molecule has 3 unspecified atom stereocenters. The largest absolute Gasteiger partial charge is 0.391 e. The molecule has 1 saturated carbocycles. The fourth-order valence-electron chi connectivity index (χ4n) is 3.33. The highest BCUT2D eigenvalue weighted by Crippen LogP contribution is 2.41. The molecule has 2 rings (SSSR count). The van der Waals surface area contributed by atoms with E-state index in [1.54, 1.807) is 12.4 Å². The van der Waals surface area contributed by atoms with Gasteiger partial charge in [-0.25, -0.2) is 0 Å². The van der Waals surface area contributed by atoms with Gasteiger partial charge in [0, 0.05) is 18.4 Å². The molecule has 0 aliphatic heterocycles. The number of hydrogen-bond acceptors (Lipinski definition) is 2. The Hall–Kier alpha value is -1.10. The number of nitrogens with zero attached hydrogens (tertiary/aromatic N) is 1. The molecule has 1 aromatic rings. The van der Waals surface area contributed by atoms with Crippen molar-refractivity contribution in [2.24, 2.45) is 11.8 Å². The first-order chi connectivity index (χ1) is 10.0. The Balaban J connectivity index is 2.03. The summed E-state index contributed by atoms with van der Waals surface area (Å²) in [4.78, 5) is 4.09. The summed E-state index contributed by atoms with van der Waals surface area (Å²) < 4.78 is 38.9. The third kappa shape index (κ3) is 4.70. The molecule has 118 valence electrons. The van der Waals surface area contributed by atoms with Crippen molar-refractivity contribution in [3.8, 4) is 0 Å². The van der Waals surface area contributed by atoms with Crippen LogP contribution in [0, 0.1) is 11.8 Å². The number of nitrogens with one attached hydrogen (secondary N) is 1. The zero-order chi connectivity index (χ0) is 15.3. The van der Waals surface area contributed by atoms with E-state index in [0.717, 1.165) is 24.9 Å². The van der Waals surface area contributed by atoms with Crippen LogP contribution < -0.4 is 5.32 Å². The van der Waals surface area contributed by atoms with Gasteiger partial charge in [0.15, 0.2) is 0 Å². The van der Waals surface area contributed by atoms with Crippen molar-refractivity contribution in [1.29, 1.82) is 0 Å². The van der Waals surface area contributed by atoms with Crippen LogP contribution in [-0.4, -0.2) is 23.7 Å². The molecular formula is C16H23F3N2. The van der Waals surface area contributed by atoms with E-state index in [9.17, 15) is 13.2 Å². The number of pyridine rings is 1. The molecule has 0 radical (unpaired) electrons. The Morgan fingerprint density at radius 2 is 2.19 bits per heavy atom. The molecule has 1 fully saturated rings. The fourth-order valence-corrected chi connectivity index (χ4v) is 3.33. The van der Waals surface area contributed by atoms with Crippen LogP contribution in [0.25, 0.3) is 0 Å². The van der Waals surface area contributed by atoms with Crippen molar-refractivity contribution in [3.63, 3.8) is 0 Å². The van der Waals surface area contributed by atoms with Crippen LogP contribution >= 0.6 is 0 Å². The molecule has 1 aliphatic carbocycles. The van der Waals surface area contributed by atoms with Crippen LogP contribution in [0.3, 0.4) is 0 Å². The Labute approximate surface area is 124 Å². The van der Waals surface area contributed by atoms with Crippen LogP contribution in [0.1, 0.15) is 38.2 Å². The Morgan fingerprint density at radius 1 is 1.38 bits per heavy atom. The quantitative estimate of drug-likeness (QED) is 0.890. The summed E-state index contributed by atoms with van der Waals surface area (Å²) >= 11 is 0. The summed E-state index contributed by atoms with van der Waals surface area (Å²) in [6.45, 7) is 2.78. The van der Waals surface area contributed by atoms with E-state index in [1.165, 1.54) is 0 Å². The van der Waals surface area contributed by atoms with Gasteiger partial charge in [0.1, 0.15) is 0 Å². The second-order valence-electron chi connectivity index (χ2n) is 5.89. The van der Waals surface area contributed by atoms with Crippen LogP contribution in [0.2, 0.25) is 0 Å². The van der Waals surface area contributed by atoms with Gasteiger partial charge in [-0.2, -0.15) is 13.2 Å². The predicted octanol–water partition coefficient (Wildman–Crippen LogP) is 3.97. The molecule has 0 spiro atoms. The van der Waals surface area contributed by atoms with Crippen molar-refractivity contribution in [2.45, 2.75) is 51.2 Å². The predicted molar refractivity (Wildman–Crippen MR) is 76.9 cm³/mol. The van der Waals surface area contributed by atoms with E-state index in [1.807, 2.05) is 19.1 Å². The molecule has 1 heterocycles. The first-order valence-corrected chi connectivity index (χ1v) is 7.69. The minimum Gasteiger partial charge on any atom is -0.314 e. The lowest BCUT2D eigenvalue weighted by molar-refractivity contribution is -0.186. The van der Waals surface area contributed by atoms with Crippen LogP contribution in [0.5, 0.6) is 0 Å². The monoisotopic (exact) mass is 300 g/mol. The Bertz CT molecular complexity index is 419. The van der Waals surface area contributed by atoms with Crippen molar-refractivity contribution >= 4 is 0 Å². The number of rotatable bonds is 5. The Kier molecular flexibility index (Phi) is 5.62. The highest BCUT2D eigenvalue weighted by atomic mass is 19.4. The molecule has 1 N–H and O–H groups in total. The second-order valence-corrected chi connectivity index (χ2v) is 5.89. The van der Waals surface area contributed by atoms with E-state index in [2.05, 4.69) is 10.3 Å². The molecule has 2 nitrogen and oxygen atoms in total. The van der Waals surface area contributed by atoms with Crippen LogP contribution in [0.15, 0.2) is 24.5 Å². The van der Waals surface area contributed by atoms with Gasteiger partial charge >= 0.3 is 6.18 Å². The number of likely N-dealkylation sites (N-methyl/N-ethyl adjacent to an activating group) is 1. The maximum atomic E-state index is 13.0. The van der Waals surface area contributed by atoms with E-state index in [0.29, 0.717) is 6.42 Å². The Morgan fingerprint density at radius 3 is 2.81 bits per heavy atom. The molecule has 1 aromatic heterocycles. The molecule has 0 bridgehead atoms. The maximum Gasteiger partial charge on any atom is 0.391 e. The third-order valence-corrected chi connectivity index (χ3v) is 4.39. The highest BCUT2D eigenvalue weighted by Gasteiger charge is 2.43. The number of alkyl halides is 3. The lowest BCUT2D eigenvalue weighted by atomic mass is 9.76. The summed E-state index contributed by atoms with van der Waals surface area (Å²) in [5.41, 5.74) is 1.08. The molecule has 0 saturated heterocycles. The smallest absolute Gasteiger partial charge is 0.314 e. The number of aromatic nitrogens is 1. The van der Waals surface area contributed by atoms with E-state index >= 15 is 0 Å². The van der Waals surface area contributed by atoms with Gasteiger partial charge in [0.05, 0.1) is 5.92 Å². The lowest BCUT2D eigenvalue weighted by Crippen LogP contribution is -2.42. The zero-order valence-electron chi connectivity index (χ0n) is 12.4. The van der Waals surface area contributed by atoms with Gasteiger partial charge in [0.25, 0.3) is 0 Å². The van der Waals surface area contributed by atoms with E-state index in [-0.39, 0.29) is 24.8 Å². The second kappa shape index (κ2) is 7.25.